The molecule has 26 heavy (non-hydrogen) atoms. The van der Waals surface area contributed by atoms with E-state index in [4.69, 9.17) is 0 Å². The minimum Gasteiger partial charge on any atom is -0.321 e. The summed E-state index contributed by atoms with van der Waals surface area (Å²) in [5, 5.41) is 8.21. The molecular weight excluding hydrogens is 366 g/mol. The zero-order valence-electron chi connectivity index (χ0n) is 13.7. The maximum Gasteiger partial charge on any atom is 0.275 e. The molecule has 0 aliphatic rings. The summed E-state index contributed by atoms with van der Waals surface area (Å²) in [4.78, 5) is 29.6. The Labute approximate surface area is 157 Å². The van der Waals surface area contributed by atoms with E-state index in [1.165, 1.54) is 11.3 Å². The van der Waals surface area contributed by atoms with Crippen LogP contribution in [-0.4, -0.2) is 25.8 Å². The first-order valence-corrected chi connectivity index (χ1v) is 9.52. The van der Waals surface area contributed by atoms with Gasteiger partial charge in [0.1, 0.15) is 5.69 Å². The molecule has 4 rings (SSSR count). The van der Waals surface area contributed by atoms with Crippen molar-refractivity contribution in [2.45, 2.75) is 6.92 Å². The first kappa shape index (κ1) is 16.5. The number of hydrogen-bond acceptors (Lipinski definition) is 7. The van der Waals surface area contributed by atoms with Crippen LogP contribution in [0, 0.1) is 6.92 Å². The largest absolute Gasteiger partial charge is 0.321 e. The SMILES string of the molecule is Cc1nc(-c2cccc(NC(=O)c3csc(-c4ncccn4)n3)c2)cs1. The van der Waals surface area contributed by atoms with E-state index < -0.39 is 0 Å². The van der Waals surface area contributed by atoms with E-state index in [1.54, 1.807) is 35.2 Å². The lowest BCUT2D eigenvalue weighted by Gasteiger charge is -2.05. The molecule has 0 atom stereocenters. The van der Waals surface area contributed by atoms with E-state index in [9.17, 15) is 4.79 Å². The van der Waals surface area contributed by atoms with Crippen molar-refractivity contribution in [3.63, 3.8) is 0 Å². The van der Waals surface area contributed by atoms with Gasteiger partial charge in [-0.05, 0) is 25.1 Å². The number of carbonyl (C=O) groups is 1. The Kier molecular flexibility index (Phi) is 4.51. The molecule has 0 fully saturated rings. The highest BCUT2D eigenvalue weighted by Crippen LogP contribution is 2.25. The summed E-state index contributed by atoms with van der Waals surface area (Å²) in [6.07, 6.45) is 3.30. The van der Waals surface area contributed by atoms with Gasteiger partial charge < -0.3 is 5.32 Å². The Balaban J connectivity index is 1.53. The van der Waals surface area contributed by atoms with Crippen molar-refractivity contribution in [1.29, 1.82) is 0 Å². The first-order chi connectivity index (χ1) is 12.7. The Morgan fingerprint density at radius 2 is 1.88 bits per heavy atom. The molecule has 0 radical (unpaired) electrons. The van der Waals surface area contributed by atoms with E-state index in [1.807, 2.05) is 36.6 Å². The number of hydrogen-bond donors (Lipinski definition) is 1. The van der Waals surface area contributed by atoms with Crippen LogP contribution >= 0.6 is 22.7 Å². The van der Waals surface area contributed by atoms with Crippen molar-refractivity contribution in [3.05, 3.63) is 64.2 Å². The van der Waals surface area contributed by atoms with Crippen LogP contribution in [0.15, 0.2) is 53.5 Å². The van der Waals surface area contributed by atoms with Crippen LogP contribution < -0.4 is 5.32 Å². The van der Waals surface area contributed by atoms with Gasteiger partial charge >= 0.3 is 0 Å². The third kappa shape index (κ3) is 3.51. The summed E-state index contributed by atoms with van der Waals surface area (Å²) < 4.78 is 0. The lowest BCUT2D eigenvalue weighted by atomic mass is 10.1. The zero-order chi connectivity index (χ0) is 17.9. The fourth-order valence-electron chi connectivity index (χ4n) is 2.34. The van der Waals surface area contributed by atoms with Gasteiger partial charge in [0.05, 0.1) is 10.7 Å². The molecule has 6 nitrogen and oxygen atoms in total. The molecular formula is C18H13N5OS2. The Bertz CT molecular complexity index is 1060. The van der Waals surface area contributed by atoms with E-state index in [2.05, 4.69) is 25.3 Å². The number of amides is 1. The summed E-state index contributed by atoms with van der Waals surface area (Å²) in [6, 6.07) is 9.34. The molecule has 1 N–H and O–H groups in total. The molecule has 0 aliphatic carbocycles. The Morgan fingerprint density at radius 3 is 2.65 bits per heavy atom. The van der Waals surface area contributed by atoms with Gasteiger partial charge in [0, 0.05) is 34.4 Å². The van der Waals surface area contributed by atoms with Crippen LogP contribution in [0.3, 0.4) is 0 Å². The second-order valence-corrected chi connectivity index (χ2v) is 7.32. The third-order valence-electron chi connectivity index (χ3n) is 3.53. The molecule has 1 aromatic carbocycles. The number of thiazole rings is 2. The van der Waals surface area contributed by atoms with E-state index >= 15 is 0 Å². The number of rotatable bonds is 4. The molecule has 0 bridgehead atoms. The number of nitrogens with zero attached hydrogens (tertiary/aromatic N) is 4. The summed E-state index contributed by atoms with van der Waals surface area (Å²) in [5.74, 6) is 0.243. The Hall–Kier alpha value is -2.97. The van der Waals surface area contributed by atoms with Crippen molar-refractivity contribution in [3.8, 4) is 22.1 Å². The molecule has 0 saturated heterocycles. The molecule has 0 saturated carbocycles. The van der Waals surface area contributed by atoms with Crippen molar-refractivity contribution in [1.82, 2.24) is 19.9 Å². The average Bonchev–Trinajstić information content (AvgIpc) is 3.32. The molecule has 128 valence electrons. The molecule has 4 aromatic rings. The lowest BCUT2D eigenvalue weighted by Crippen LogP contribution is -2.12. The fourth-order valence-corrected chi connectivity index (χ4v) is 3.70. The fraction of sp³-hybridized carbons (Fsp3) is 0.0556. The maximum atomic E-state index is 12.5. The minimum atomic E-state index is -0.268. The second-order valence-electron chi connectivity index (χ2n) is 5.40. The van der Waals surface area contributed by atoms with Gasteiger partial charge in [-0.25, -0.2) is 19.9 Å². The molecule has 8 heteroatoms. The van der Waals surface area contributed by atoms with Crippen LogP contribution in [0.5, 0.6) is 0 Å². The van der Waals surface area contributed by atoms with E-state index in [-0.39, 0.29) is 5.91 Å². The van der Waals surface area contributed by atoms with Gasteiger partial charge in [-0.1, -0.05) is 12.1 Å². The molecule has 3 heterocycles. The maximum absolute atomic E-state index is 12.5. The van der Waals surface area contributed by atoms with Crippen LogP contribution in [0.2, 0.25) is 0 Å². The monoisotopic (exact) mass is 379 g/mol. The van der Waals surface area contributed by atoms with Gasteiger partial charge in [-0.2, -0.15) is 0 Å². The zero-order valence-corrected chi connectivity index (χ0v) is 15.3. The summed E-state index contributed by atoms with van der Waals surface area (Å²) in [5.41, 5.74) is 2.90. The number of carbonyl (C=O) groups excluding carboxylic acids is 1. The standard InChI is InChI=1S/C18H13N5OS2/c1-11-21-14(9-25-11)12-4-2-5-13(8-12)22-17(24)15-10-26-18(23-15)16-19-6-3-7-20-16/h2-10H,1H3,(H,22,24). The van der Waals surface area contributed by atoms with Gasteiger partial charge in [0.15, 0.2) is 10.8 Å². The summed E-state index contributed by atoms with van der Waals surface area (Å²) in [7, 11) is 0. The number of anilines is 1. The topological polar surface area (TPSA) is 80.7 Å². The smallest absolute Gasteiger partial charge is 0.275 e. The predicted molar refractivity (Wildman–Crippen MR) is 103 cm³/mol. The molecule has 3 aromatic heterocycles. The Morgan fingerprint density at radius 1 is 1.04 bits per heavy atom. The normalized spacial score (nSPS) is 10.7. The van der Waals surface area contributed by atoms with E-state index in [0.29, 0.717) is 22.2 Å². The van der Waals surface area contributed by atoms with Gasteiger partial charge in [0.2, 0.25) is 0 Å². The highest BCUT2D eigenvalue weighted by atomic mass is 32.1. The van der Waals surface area contributed by atoms with Crippen LogP contribution in [0.1, 0.15) is 15.5 Å². The molecule has 0 aliphatic heterocycles. The van der Waals surface area contributed by atoms with E-state index in [0.717, 1.165) is 16.3 Å². The quantitative estimate of drug-likeness (QED) is 0.572. The van der Waals surface area contributed by atoms with Crippen molar-refractivity contribution < 1.29 is 4.79 Å². The van der Waals surface area contributed by atoms with Crippen molar-refractivity contribution in [2.75, 3.05) is 5.32 Å². The van der Waals surface area contributed by atoms with Gasteiger partial charge in [0.25, 0.3) is 5.91 Å². The number of aromatic nitrogens is 4. The predicted octanol–water partition coefficient (Wildman–Crippen LogP) is 4.28. The number of aryl methyl sites for hydroxylation is 1. The summed E-state index contributed by atoms with van der Waals surface area (Å²) >= 11 is 2.94. The molecule has 0 spiro atoms. The first-order valence-electron chi connectivity index (χ1n) is 7.76. The van der Waals surface area contributed by atoms with Crippen LogP contribution in [-0.2, 0) is 0 Å². The second kappa shape index (κ2) is 7.11. The lowest BCUT2D eigenvalue weighted by molar-refractivity contribution is 0.102. The van der Waals surface area contributed by atoms with Crippen LogP contribution in [0.4, 0.5) is 5.69 Å². The highest BCUT2D eigenvalue weighted by molar-refractivity contribution is 7.13. The van der Waals surface area contributed by atoms with Crippen molar-refractivity contribution >= 4 is 34.3 Å². The highest BCUT2D eigenvalue weighted by Gasteiger charge is 2.14. The average molecular weight is 379 g/mol. The minimum absolute atomic E-state index is 0.268. The van der Waals surface area contributed by atoms with Gasteiger partial charge in [-0.3, -0.25) is 4.79 Å². The van der Waals surface area contributed by atoms with Crippen LogP contribution in [0.25, 0.3) is 22.1 Å². The third-order valence-corrected chi connectivity index (χ3v) is 5.14. The van der Waals surface area contributed by atoms with Gasteiger partial charge in [-0.15, -0.1) is 22.7 Å². The van der Waals surface area contributed by atoms with Crippen molar-refractivity contribution in [2.24, 2.45) is 0 Å². The molecule has 0 unspecified atom stereocenters. The number of nitrogens with one attached hydrogen (secondary N) is 1. The summed E-state index contributed by atoms with van der Waals surface area (Å²) in [6.45, 7) is 1.97. The molecule has 1 amide bonds. The number of benzene rings is 1.